The second-order valence-corrected chi connectivity index (χ2v) is 3.17. The van der Waals surface area contributed by atoms with Crippen LogP contribution in [0.25, 0.3) is 0 Å². The maximum atomic E-state index is 11.1. The van der Waals surface area contributed by atoms with Gasteiger partial charge >= 0.3 is 0 Å². The van der Waals surface area contributed by atoms with Crippen molar-refractivity contribution in [2.75, 3.05) is 0 Å². The molecule has 0 aromatic rings. The topological polar surface area (TPSA) is 34.1 Å². The third kappa shape index (κ3) is 0.877. The molecule has 0 N–H and O–H groups in total. The van der Waals surface area contributed by atoms with Crippen molar-refractivity contribution in [1.82, 2.24) is 0 Å². The zero-order valence-electron chi connectivity index (χ0n) is 6.44. The second kappa shape index (κ2) is 2.19. The van der Waals surface area contributed by atoms with Gasteiger partial charge in [0.05, 0.1) is 5.41 Å². The molecule has 1 unspecified atom stereocenters. The summed E-state index contributed by atoms with van der Waals surface area (Å²) in [6.45, 7) is 3.26. The van der Waals surface area contributed by atoms with Crippen molar-refractivity contribution in [3.8, 4) is 0 Å². The van der Waals surface area contributed by atoms with E-state index in [1.807, 2.05) is 0 Å². The fourth-order valence-corrected chi connectivity index (χ4v) is 1.39. The van der Waals surface area contributed by atoms with Crippen molar-refractivity contribution in [3.63, 3.8) is 0 Å². The van der Waals surface area contributed by atoms with E-state index in [0.717, 1.165) is 12.8 Å². The third-order valence-corrected chi connectivity index (χ3v) is 2.47. The minimum Gasteiger partial charge on any atom is -0.299 e. The van der Waals surface area contributed by atoms with Gasteiger partial charge in [-0.15, -0.1) is 0 Å². The van der Waals surface area contributed by atoms with Crippen LogP contribution in [0, 0.1) is 5.41 Å². The fourth-order valence-electron chi connectivity index (χ4n) is 1.39. The Kier molecular flexibility index (Phi) is 1.63. The molecule has 0 bridgehead atoms. The van der Waals surface area contributed by atoms with Gasteiger partial charge in [-0.2, -0.15) is 0 Å². The molecule has 0 saturated heterocycles. The molecule has 1 aliphatic rings. The molecular formula is C8H12O2. The number of carbonyl (C=O) groups is 2. The van der Waals surface area contributed by atoms with Crippen LogP contribution in [0.2, 0.25) is 0 Å². The number of carbonyl (C=O) groups excluding carboxylic acids is 2. The van der Waals surface area contributed by atoms with Gasteiger partial charge in [0.2, 0.25) is 0 Å². The summed E-state index contributed by atoms with van der Waals surface area (Å²) in [6, 6.07) is 0. The van der Waals surface area contributed by atoms with E-state index in [-0.39, 0.29) is 11.6 Å². The van der Waals surface area contributed by atoms with Crippen molar-refractivity contribution in [1.29, 1.82) is 0 Å². The van der Waals surface area contributed by atoms with Crippen LogP contribution in [0.15, 0.2) is 0 Å². The molecule has 1 saturated carbocycles. The number of rotatable bonds is 1. The van der Waals surface area contributed by atoms with Gasteiger partial charge in [-0.1, -0.05) is 0 Å². The summed E-state index contributed by atoms with van der Waals surface area (Å²) in [7, 11) is 0. The second-order valence-electron chi connectivity index (χ2n) is 3.17. The van der Waals surface area contributed by atoms with Gasteiger partial charge in [0.15, 0.2) is 0 Å². The van der Waals surface area contributed by atoms with E-state index >= 15 is 0 Å². The first-order chi connectivity index (χ1) is 4.57. The maximum absolute atomic E-state index is 11.1. The van der Waals surface area contributed by atoms with E-state index in [9.17, 15) is 9.59 Å². The zero-order chi connectivity index (χ0) is 7.78. The van der Waals surface area contributed by atoms with Crippen LogP contribution in [-0.4, -0.2) is 11.6 Å². The Bertz CT molecular complexity index is 184. The molecule has 1 atom stereocenters. The molecule has 0 amide bonds. The highest BCUT2D eigenvalue weighted by atomic mass is 16.2. The number of hydrogen-bond donors (Lipinski definition) is 0. The largest absolute Gasteiger partial charge is 0.299 e. The molecule has 0 aromatic carbocycles. The van der Waals surface area contributed by atoms with Gasteiger partial charge in [0.25, 0.3) is 0 Å². The quantitative estimate of drug-likeness (QED) is 0.515. The average molecular weight is 140 g/mol. The van der Waals surface area contributed by atoms with Crippen LogP contribution in [-0.2, 0) is 9.59 Å². The first-order valence-corrected chi connectivity index (χ1v) is 3.62. The van der Waals surface area contributed by atoms with E-state index in [1.165, 1.54) is 6.92 Å². The van der Waals surface area contributed by atoms with Crippen LogP contribution < -0.4 is 0 Å². The molecule has 1 aliphatic carbocycles. The molecule has 56 valence electrons. The lowest BCUT2D eigenvalue weighted by atomic mass is 9.84. The standard InChI is InChI=1S/C8H12O2/c1-6(9)8(2)5-3-4-7(8)10/h3-5H2,1-2H3. The highest BCUT2D eigenvalue weighted by Gasteiger charge is 2.41. The Morgan fingerprint density at radius 2 is 2.20 bits per heavy atom. The zero-order valence-corrected chi connectivity index (χ0v) is 6.44. The molecule has 0 heterocycles. The van der Waals surface area contributed by atoms with Crippen LogP contribution in [0.4, 0.5) is 0 Å². The van der Waals surface area contributed by atoms with Crippen molar-refractivity contribution in [2.24, 2.45) is 5.41 Å². The normalized spacial score (nSPS) is 32.8. The van der Waals surface area contributed by atoms with Gasteiger partial charge < -0.3 is 0 Å². The molecule has 0 spiro atoms. The van der Waals surface area contributed by atoms with E-state index in [2.05, 4.69) is 0 Å². The van der Waals surface area contributed by atoms with Crippen molar-refractivity contribution in [3.05, 3.63) is 0 Å². The molecule has 2 heteroatoms. The number of hydrogen-bond acceptors (Lipinski definition) is 2. The predicted octanol–water partition coefficient (Wildman–Crippen LogP) is 1.33. The first-order valence-electron chi connectivity index (χ1n) is 3.62. The lowest BCUT2D eigenvalue weighted by Gasteiger charge is -2.16. The summed E-state index contributed by atoms with van der Waals surface area (Å²) in [4.78, 5) is 22.1. The summed E-state index contributed by atoms with van der Waals surface area (Å²) >= 11 is 0. The lowest BCUT2D eigenvalue weighted by Crippen LogP contribution is -2.29. The molecule has 0 aromatic heterocycles. The Labute approximate surface area is 60.6 Å². The summed E-state index contributed by atoms with van der Waals surface area (Å²) in [5, 5.41) is 0. The van der Waals surface area contributed by atoms with Gasteiger partial charge in [-0.25, -0.2) is 0 Å². The Balaban J connectivity index is 2.86. The summed E-state index contributed by atoms with van der Waals surface area (Å²) in [5.74, 6) is 0.148. The van der Waals surface area contributed by atoms with E-state index in [4.69, 9.17) is 0 Å². The van der Waals surface area contributed by atoms with Gasteiger partial charge in [0.1, 0.15) is 11.6 Å². The van der Waals surface area contributed by atoms with Crippen LogP contribution >= 0.6 is 0 Å². The molecular weight excluding hydrogens is 128 g/mol. The minimum atomic E-state index is -0.625. The summed E-state index contributed by atoms with van der Waals surface area (Å²) in [5.41, 5.74) is -0.625. The van der Waals surface area contributed by atoms with Gasteiger partial charge in [-0.3, -0.25) is 9.59 Å². The van der Waals surface area contributed by atoms with E-state index < -0.39 is 5.41 Å². The predicted molar refractivity (Wildman–Crippen MR) is 37.6 cm³/mol. The van der Waals surface area contributed by atoms with E-state index in [1.54, 1.807) is 6.92 Å². The SMILES string of the molecule is CC(=O)C1(C)CCCC1=O. The van der Waals surface area contributed by atoms with Crippen LogP contribution in [0.3, 0.4) is 0 Å². The first kappa shape index (κ1) is 7.45. The van der Waals surface area contributed by atoms with Gasteiger partial charge in [0, 0.05) is 6.42 Å². The molecule has 1 fully saturated rings. The molecule has 0 aliphatic heterocycles. The number of ketones is 2. The Hall–Kier alpha value is -0.660. The maximum Gasteiger partial charge on any atom is 0.146 e. The Morgan fingerprint density at radius 1 is 1.60 bits per heavy atom. The average Bonchev–Trinajstić information content (AvgIpc) is 2.15. The highest BCUT2D eigenvalue weighted by Crippen LogP contribution is 2.34. The summed E-state index contributed by atoms with van der Waals surface area (Å²) in [6.07, 6.45) is 2.23. The monoisotopic (exact) mass is 140 g/mol. The third-order valence-electron chi connectivity index (χ3n) is 2.47. The lowest BCUT2D eigenvalue weighted by molar-refractivity contribution is -0.136. The van der Waals surface area contributed by atoms with Crippen LogP contribution in [0.5, 0.6) is 0 Å². The van der Waals surface area contributed by atoms with Crippen molar-refractivity contribution < 1.29 is 9.59 Å². The highest BCUT2D eigenvalue weighted by molar-refractivity contribution is 6.06. The van der Waals surface area contributed by atoms with Crippen molar-refractivity contribution >= 4 is 11.6 Å². The van der Waals surface area contributed by atoms with Crippen LogP contribution in [0.1, 0.15) is 33.1 Å². The molecule has 0 radical (unpaired) electrons. The van der Waals surface area contributed by atoms with Crippen molar-refractivity contribution in [2.45, 2.75) is 33.1 Å². The van der Waals surface area contributed by atoms with Gasteiger partial charge in [-0.05, 0) is 26.7 Å². The Morgan fingerprint density at radius 3 is 2.40 bits per heavy atom. The number of Topliss-reactive ketones (excluding diaryl/α,β-unsaturated/α-hetero) is 2. The minimum absolute atomic E-state index is 0.0231. The molecule has 1 rings (SSSR count). The molecule has 2 nitrogen and oxygen atoms in total. The summed E-state index contributed by atoms with van der Waals surface area (Å²) < 4.78 is 0. The molecule has 10 heavy (non-hydrogen) atoms. The smallest absolute Gasteiger partial charge is 0.146 e. The van der Waals surface area contributed by atoms with E-state index in [0.29, 0.717) is 6.42 Å². The fraction of sp³-hybridized carbons (Fsp3) is 0.750.